The van der Waals surface area contributed by atoms with Crippen LogP contribution in [0.3, 0.4) is 0 Å². The quantitative estimate of drug-likeness (QED) is 0.0945. The highest BCUT2D eigenvalue weighted by molar-refractivity contribution is 6.05. The Labute approximate surface area is 396 Å². The number of benzene rings is 4. The van der Waals surface area contributed by atoms with Crippen LogP contribution < -0.4 is 5.32 Å². The molecule has 1 atom stereocenters. The normalized spacial score (nSPS) is 19.1. The number of carbonyl (C=O) groups is 4. The van der Waals surface area contributed by atoms with Crippen LogP contribution in [0.1, 0.15) is 85.5 Å². The van der Waals surface area contributed by atoms with Crippen molar-refractivity contribution in [2.75, 3.05) is 39.3 Å². The summed E-state index contributed by atoms with van der Waals surface area (Å²) in [5.41, 5.74) is 10.4. The van der Waals surface area contributed by atoms with Gasteiger partial charge in [-0.15, -0.1) is 0 Å². The number of piperidine rings is 2. The molecule has 4 aromatic carbocycles. The van der Waals surface area contributed by atoms with Gasteiger partial charge in [-0.2, -0.15) is 0 Å². The first kappa shape index (κ1) is 43.3. The second kappa shape index (κ2) is 18.7. The second-order valence-corrected chi connectivity index (χ2v) is 18.9. The van der Waals surface area contributed by atoms with Crippen LogP contribution in [-0.2, 0) is 35.5 Å². The number of hydrogen-bond donors (Lipinski definition) is 1. The first-order valence-electron chi connectivity index (χ1n) is 23.9. The van der Waals surface area contributed by atoms with E-state index in [1.807, 2.05) is 71.9 Å². The molecule has 0 bridgehead atoms. The van der Waals surface area contributed by atoms with Gasteiger partial charge in [0.15, 0.2) is 5.82 Å². The Morgan fingerprint density at radius 3 is 2.35 bits per heavy atom. The van der Waals surface area contributed by atoms with Gasteiger partial charge in [-0.25, -0.2) is 9.97 Å². The van der Waals surface area contributed by atoms with Crippen LogP contribution >= 0.6 is 0 Å². The molecule has 12 heteroatoms. The second-order valence-electron chi connectivity index (χ2n) is 18.9. The number of amides is 4. The van der Waals surface area contributed by atoms with Crippen molar-refractivity contribution in [3.63, 3.8) is 0 Å². The van der Waals surface area contributed by atoms with Crippen LogP contribution in [0.2, 0.25) is 0 Å². The van der Waals surface area contributed by atoms with Crippen LogP contribution in [0.25, 0.3) is 34.4 Å². The molecule has 5 aliphatic rings. The summed E-state index contributed by atoms with van der Waals surface area (Å²) in [7, 11) is 0. The van der Waals surface area contributed by atoms with Crippen LogP contribution in [-0.4, -0.2) is 110 Å². The number of pyridine rings is 1. The maximum atomic E-state index is 13.6. The molecule has 3 fully saturated rings. The molecule has 3 saturated heterocycles. The molecule has 0 saturated carbocycles. The van der Waals surface area contributed by atoms with Crippen molar-refractivity contribution in [1.29, 1.82) is 0 Å². The van der Waals surface area contributed by atoms with Gasteiger partial charge in [0.1, 0.15) is 6.04 Å². The predicted octanol–water partition coefficient (Wildman–Crippen LogP) is 6.81. The van der Waals surface area contributed by atoms with E-state index in [0.29, 0.717) is 61.4 Å². The van der Waals surface area contributed by atoms with Crippen LogP contribution in [0.15, 0.2) is 109 Å². The molecular weight excluding hydrogens is 849 g/mol. The number of nitrogens with zero attached hydrogens (tertiary/aromatic N) is 7. The van der Waals surface area contributed by atoms with E-state index in [-0.39, 0.29) is 30.0 Å². The molecule has 11 rings (SSSR count). The lowest BCUT2D eigenvalue weighted by Crippen LogP contribution is -2.55. The summed E-state index contributed by atoms with van der Waals surface area (Å²) in [4.78, 5) is 73.4. The predicted molar refractivity (Wildman–Crippen MR) is 261 cm³/mol. The third kappa shape index (κ3) is 9.20. The van der Waals surface area contributed by atoms with E-state index in [0.717, 1.165) is 102 Å². The average Bonchev–Trinajstić information content (AvgIpc) is 3.68. The molecule has 1 unspecified atom stereocenters. The first-order valence-corrected chi connectivity index (χ1v) is 23.9. The zero-order valence-corrected chi connectivity index (χ0v) is 37.9. The summed E-state index contributed by atoms with van der Waals surface area (Å²) in [6.07, 6.45) is 12.5. The van der Waals surface area contributed by atoms with Crippen molar-refractivity contribution in [3.05, 3.63) is 160 Å². The van der Waals surface area contributed by atoms with Crippen molar-refractivity contribution < 1.29 is 19.2 Å². The Balaban J connectivity index is 0.605. The van der Waals surface area contributed by atoms with E-state index in [1.54, 1.807) is 4.90 Å². The molecule has 0 radical (unpaired) electrons. The fourth-order valence-corrected chi connectivity index (χ4v) is 10.4. The van der Waals surface area contributed by atoms with Crippen molar-refractivity contribution in [3.8, 4) is 23.2 Å². The Morgan fingerprint density at radius 2 is 1.56 bits per heavy atom. The number of aromatic nitrogens is 3. The molecular formula is C56H52N8O4. The van der Waals surface area contributed by atoms with E-state index >= 15 is 0 Å². The number of carbonyl (C=O) groups excluding carboxylic acids is 4. The van der Waals surface area contributed by atoms with Gasteiger partial charge in [0.25, 0.3) is 11.8 Å². The van der Waals surface area contributed by atoms with Gasteiger partial charge >= 0.3 is 0 Å². The summed E-state index contributed by atoms with van der Waals surface area (Å²) in [5.74, 6) is 7.22. The van der Waals surface area contributed by atoms with Crippen LogP contribution in [0.5, 0.6) is 0 Å². The van der Waals surface area contributed by atoms with Gasteiger partial charge in [0.05, 0.1) is 24.3 Å². The Morgan fingerprint density at radius 1 is 0.779 bits per heavy atom. The summed E-state index contributed by atoms with van der Waals surface area (Å²) < 4.78 is 0. The maximum Gasteiger partial charge on any atom is 0.255 e. The fraction of sp³-hybridized carbons (Fsp3) is 0.304. The number of hydrogen-bond acceptors (Lipinski definition) is 9. The molecule has 0 spiro atoms. The van der Waals surface area contributed by atoms with Crippen molar-refractivity contribution >= 4 is 46.7 Å². The van der Waals surface area contributed by atoms with Gasteiger partial charge in [-0.1, -0.05) is 78.6 Å². The van der Waals surface area contributed by atoms with Gasteiger partial charge < -0.3 is 9.80 Å². The Hall–Kier alpha value is -7.33. The van der Waals surface area contributed by atoms with E-state index in [1.165, 1.54) is 5.56 Å². The molecule has 2 aromatic heterocycles. The number of imide groups is 1. The zero-order chi connectivity index (χ0) is 46.1. The number of likely N-dealkylation sites (tertiary alicyclic amines) is 2. The minimum absolute atomic E-state index is 0.00390. The Bertz CT molecular complexity index is 3030. The molecule has 340 valence electrons. The maximum absolute atomic E-state index is 13.6. The van der Waals surface area contributed by atoms with Crippen molar-refractivity contribution in [1.82, 2.24) is 39.9 Å². The van der Waals surface area contributed by atoms with Crippen LogP contribution in [0, 0.1) is 17.8 Å². The molecule has 1 N–H and O–H groups in total. The van der Waals surface area contributed by atoms with Gasteiger partial charge in [-0.05, 0) is 108 Å². The number of nitrogens with one attached hydrogen (secondary N) is 1. The Kier molecular flexibility index (Phi) is 11.9. The molecule has 0 aliphatic carbocycles. The van der Waals surface area contributed by atoms with Crippen molar-refractivity contribution in [2.24, 2.45) is 5.92 Å². The van der Waals surface area contributed by atoms with E-state index in [9.17, 15) is 19.2 Å². The van der Waals surface area contributed by atoms with E-state index in [2.05, 4.69) is 91.5 Å². The summed E-state index contributed by atoms with van der Waals surface area (Å²) >= 11 is 0. The molecule has 5 aliphatic heterocycles. The number of rotatable bonds is 9. The average molecular weight is 901 g/mol. The summed E-state index contributed by atoms with van der Waals surface area (Å²) in [5, 5.41) is 3.42. The SMILES string of the molecule is O=C1CCC(N2Cc3cc(CC4CN(C5CCN(CC#Cc6ccc(/C=C/c7ccc(C(=O)N8CCc9cnc(-c%10cnc%11ccccc%11c%10)nc9C8)cc7)cc6)CC5)C4)ccc3C2=O)C(=O)N1. The largest absolute Gasteiger partial charge is 0.332 e. The van der Waals surface area contributed by atoms with Gasteiger partial charge in [0.2, 0.25) is 11.8 Å². The minimum Gasteiger partial charge on any atom is -0.332 e. The summed E-state index contributed by atoms with van der Waals surface area (Å²) in [6, 6.07) is 32.3. The third-order valence-corrected chi connectivity index (χ3v) is 14.3. The number of para-hydroxylation sites is 1. The van der Waals surface area contributed by atoms with Crippen molar-refractivity contribution in [2.45, 2.75) is 63.7 Å². The molecule has 68 heavy (non-hydrogen) atoms. The number of fused-ring (bicyclic) bond motifs is 3. The fourth-order valence-electron chi connectivity index (χ4n) is 10.4. The molecule has 4 amide bonds. The smallest absolute Gasteiger partial charge is 0.255 e. The minimum atomic E-state index is -0.582. The molecule has 12 nitrogen and oxygen atoms in total. The highest BCUT2D eigenvalue weighted by atomic mass is 16.2. The molecule has 7 heterocycles. The first-order chi connectivity index (χ1) is 33.3. The standard InChI is InChI=1S/C56H52N8O4/c65-52-20-19-51(54(66)60-52)64-35-46-29-40(15-18-48(46)56(64)68)28-41-33-63(34-41)47-22-25-61(26-23-47)24-3-4-37-7-9-38(10-8-37)11-12-39-13-16-42(17-14-39)55(67)62-27-21-44-31-58-53(59-50(44)36-62)45-30-43-5-1-2-6-49(43)57-32-45/h1-2,5-18,29-32,41,47,51H,19-28,33-36H2,(H,60,65,66)/b12-11+. The third-order valence-electron chi connectivity index (χ3n) is 14.3. The lowest BCUT2D eigenvalue weighted by molar-refractivity contribution is -0.136. The zero-order valence-electron chi connectivity index (χ0n) is 37.9. The highest BCUT2D eigenvalue weighted by Crippen LogP contribution is 2.32. The van der Waals surface area contributed by atoms with E-state index < -0.39 is 6.04 Å². The summed E-state index contributed by atoms with van der Waals surface area (Å²) in [6.45, 7) is 6.55. The highest BCUT2D eigenvalue weighted by Gasteiger charge is 2.40. The van der Waals surface area contributed by atoms with E-state index in [4.69, 9.17) is 4.98 Å². The lowest BCUT2D eigenvalue weighted by Gasteiger charge is -2.47. The topological polar surface area (TPSA) is 132 Å². The van der Waals surface area contributed by atoms with Crippen LogP contribution in [0.4, 0.5) is 0 Å². The van der Waals surface area contributed by atoms with Gasteiger partial charge in [0, 0.05) is 91.8 Å². The monoisotopic (exact) mass is 900 g/mol. The molecule has 6 aromatic rings. The lowest BCUT2D eigenvalue weighted by atomic mass is 9.88. The van der Waals surface area contributed by atoms with Gasteiger partial charge in [-0.3, -0.25) is 39.3 Å².